The van der Waals surface area contributed by atoms with Gasteiger partial charge in [-0.1, -0.05) is 0 Å². The van der Waals surface area contributed by atoms with Crippen LogP contribution < -0.4 is 20.7 Å². The number of aromatic nitrogens is 1. The molecule has 0 aliphatic heterocycles. The third kappa shape index (κ3) is 4.36. The number of nitrogens with zero attached hydrogens (tertiary/aromatic N) is 3. The maximum Gasteiger partial charge on any atom is 0.357 e. The van der Waals surface area contributed by atoms with Gasteiger partial charge in [0.2, 0.25) is 0 Å². The Morgan fingerprint density at radius 1 is 1.41 bits per heavy atom. The summed E-state index contributed by atoms with van der Waals surface area (Å²) < 4.78 is 38.3. The Bertz CT molecular complexity index is 936. The summed E-state index contributed by atoms with van der Waals surface area (Å²) in [5.41, 5.74) is 10.4. The summed E-state index contributed by atoms with van der Waals surface area (Å²) in [7, 11) is 0. The number of nitrogens with one attached hydrogen (secondary N) is 1. The van der Waals surface area contributed by atoms with Crippen LogP contribution in [-0.2, 0) is 11.3 Å². The summed E-state index contributed by atoms with van der Waals surface area (Å²) >= 11 is -2.26. The van der Waals surface area contributed by atoms with E-state index in [-0.39, 0.29) is 16.4 Å². The first-order valence-corrected chi connectivity index (χ1v) is 8.80. The zero-order valence-corrected chi connectivity index (χ0v) is 14.9. The number of halogens is 1. The van der Waals surface area contributed by atoms with Crippen molar-refractivity contribution in [3.63, 3.8) is 0 Å². The van der Waals surface area contributed by atoms with E-state index in [1.54, 1.807) is 0 Å². The first-order chi connectivity index (χ1) is 12.6. The third-order valence-electron chi connectivity index (χ3n) is 3.14. The van der Waals surface area contributed by atoms with Crippen LogP contribution in [0.15, 0.2) is 23.7 Å². The summed E-state index contributed by atoms with van der Waals surface area (Å²) in [5.74, 6) is -2.94. The van der Waals surface area contributed by atoms with Crippen molar-refractivity contribution in [1.82, 2.24) is 4.98 Å². The van der Waals surface area contributed by atoms with Crippen molar-refractivity contribution in [2.24, 2.45) is 11.5 Å². The second-order valence-corrected chi connectivity index (χ2v) is 6.54. The minimum atomic E-state index is -2.99. The van der Waals surface area contributed by atoms with Crippen molar-refractivity contribution in [2.45, 2.75) is 0 Å². The van der Waals surface area contributed by atoms with E-state index in [9.17, 15) is 22.7 Å². The molecule has 2 rings (SSSR count). The van der Waals surface area contributed by atoms with E-state index in [2.05, 4.69) is 4.98 Å². The second kappa shape index (κ2) is 8.07. The smallest absolute Gasteiger partial charge is 0.357 e. The standard InChI is InChI=1S/C13H13FN6O5S2/c14-7-3-6(1-2-8(7)19(13(17)23)4-9(15)16)20(27(24)25)11-10(12(21)22)18-5-26-11/h1-3,5H,4H2,(H3,15,16)(H2,17,23)(H,21,22)(H,24,25)/p-1. The van der Waals surface area contributed by atoms with Crippen molar-refractivity contribution in [2.75, 3.05) is 15.7 Å². The van der Waals surface area contributed by atoms with E-state index in [0.29, 0.717) is 9.21 Å². The van der Waals surface area contributed by atoms with E-state index < -0.39 is 47.2 Å². The molecule has 0 aliphatic rings. The highest BCUT2D eigenvalue weighted by Gasteiger charge is 2.24. The van der Waals surface area contributed by atoms with Gasteiger partial charge < -0.3 is 21.1 Å². The summed E-state index contributed by atoms with van der Waals surface area (Å²) in [6.07, 6.45) is 0. The first kappa shape index (κ1) is 20.2. The lowest BCUT2D eigenvalue weighted by Gasteiger charge is -2.26. The number of hydrogen-bond donors (Lipinski definition) is 4. The number of urea groups is 1. The molecule has 0 aliphatic carbocycles. The molecule has 2 amide bonds. The highest BCUT2D eigenvalue weighted by Crippen LogP contribution is 2.35. The van der Waals surface area contributed by atoms with Crippen molar-refractivity contribution >= 4 is 56.8 Å². The molecule has 6 N–H and O–H groups in total. The van der Waals surface area contributed by atoms with Gasteiger partial charge in [0.05, 0.1) is 34.7 Å². The van der Waals surface area contributed by atoms with E-state index in [1.807, 2.05) is 0 Å². The number of carbonyl (C=O) groups excluding carboxylic acids is 1. The number of carboxylic acid groups (broad SMARTS) is 1. The van der Waals surface area contributed by atoms with E-state index in [4.69, 9.17) is 22.0 Å². The Morgan fingerprint density at radius 2 is 2.07 bits per heavy atom. The summed E-state index contributed by atoms with van der Waals surface area (Å²) in [4.78, 5) is 26.9. The van der Waals surface area contributed by atoms with Crippen LogP contribution in [0.3, 0.4) is 0 Å². The molecule has 14 heteroatoms. The van der Waals surface area contributed by atoms with Gasteiger partial charge >= 0.3 is 12.0 Å². The highest BCUT2D eigenvalue weighted by molar-refractivity contribution is 7.81. The molecule has 1 heterocycles. The number of hydrogen-bond acceptors (Lipinski definition) is 7. The maximum atomic E-state index is 14.5. The van der Waals surface area contributed by atoms with E-state index in [0.717, 1.165) is 35.0 Å². The monoisotopic (exact) mass is 415 g/mol. The van der Waals surface area contributed by atoms with Crippen LogP contribution in [0.5, 0.6) is 0 Å². The largest absolute Gasteiger partial charge is 0.755 e. The van der Waals surface area contributed by atoms with Crippen LogP contribution in [-0.4, -0.2) is 43.2 Å². The maximum absolute atomic E-state index is 14.5. The molecule has 0 saturated carbocycles. The lowest BCUT2D eigenvalue weighted by molar-refractivity contribution is 0.0692. The SMILES string of the molecule is N=C(N)CN(C(N)=O)c1ccc(N(c2scnc2C(=O)O)S(=O)[O-])cc1F. The quantitative estimate of drug-likeness (QED) is 0.291. The normalized spacial score (nSPS) is 11.6. The van der Waals surface area contributed by atoms with Gasteiger partial charge in [0.15, 0.2) is 5.69 Å². The van der Waals surface area contributed by atoms with Crippen molar-refractivity contribution in [3.05, 3.63) is 35.2 Å². The molecule has 11 nitrogen and oxygen atoms in total. The molecule has 0 saturated heterocycles. The van der Waals surface area contributed by atoms with Gasteiger partial charge in [-0.05, 0) is 12.1 Å². The van der Waals surface area contributed by atoms with E-state index >= 15 is 0 Å². The molecular weight excluding hydrogens is 403 g/mol. The number of carboxylic acids is 1. The van der Waals surface area contributed by atoms with Gasteiger partial charge in [-0.3, -0.25) is 18.8 Å². The first-order valence-electron chi connectivity index (χ1n) is 6.89. The lowest BCUT2D eigenvalue weighted by atomic mass is 10.2. The number of benzene rings is 1. The minimum absolute atomic E-state index is 0.233. The van der Waals surface area contributed by atoms with Crippen LogP contribution in [0.25, 0.3) is 0 Å². The van der Waals surface area contributed by atoms with E-state index in [1.165, 1.54) is 0 Å². The summed E-state index contributed by atoms with van der Waals surface area (Å²) in [6, 6.07) is 1.89. The molecule has 27 heavy (non-hydrogen) atoms. The number of rotatable bonds is 7. The van der Waals surface area contributed by atoms with Crippen LogP contribution in [0, 0.1) is 11.2 Å². The Kier molecular flexibility index (Phi) is 6.04. The van der Waals surface area contributed by atoms with Crippen molar-refractivity contribution in [3.8, 4) is 0 Å². The van der Waals surface area contributed by atoms with Crippen LogP contribution in [0.1, 0.15) is 10.5 Å². The topological polar surface area (TPSA) is 190 Å². The Morgan fingerprint density at radius 3 is 2.56 bits per heavy atom. The molecule has 2 aromatic rings. The van der Waals surface area contributed by atoms with Gasteiger partial charge in [-0.15, -0.1) is 11.3 Å². The number of amidine groups is 1. The molecule has 0 fully saturated rings. The Labute approximate surface area is 157 Å². The fraction of sp³-hybridized carbons (Fsp3) is 0.0769. The third-order valence-corrected chi connectivity index (χ3v) is 4.75. The van der Waals surface area contributed by atoms with Crippen LogP contribution in [0.4, 0.5) is 25.6 Å². The summed E-state index contributed by atoms with van der Waals surface area (Å²) in [6.45, 7) is -0.471. The average Bonchev–Trinajstić information content (AvgIpc) is 3.02. The molecule has 0 bridgehead atoms. The number of thiazole rings is 1. The van der Waals surface area contributed by atoms with Crippen LogP contribution in [0.2, 0.25) is 0 Å². The zero-order valence-electron chi connectivity index (χ0n) is 13.3. The highest BCUT2D eigenvalue weighted by atomic mass is 32.2. The second-order valence-electron chi connectivity index (χ2n) is 4.91. The average molecular weight is 415 g/mol. The molecule has 1 unspecified atom stereocenters. The molecule has 1 aromatic heterocycles. The zero-order chi connectivity index (χ0) is 20.3. The molecular formula is C13H12FN6O5S2-. The number of anilines is 3. The Balaban J connectivity index is 2.51. The van der Waals surface area contributed by atoms with Crippen LogP contribution >= 0.6 is 11.3 Å². The molecule has 0 spiro atoms. The predicted octanol–water partition coefficient (Wildman–Crippen LogP) is 0.734. The summed E-state index contributed by atoms with van der Waals surface area (Å²) in [5, 5.41) is 16.1. The van der Waals surface area contributed by atoms with Crippen molar-refractivity contribution < 1.29 is 27.8 Å². The fourth-order valence-corrected chi connectivity index (χ4v) is 3.62. The number of carbonyl (C=O) groups is 2. The van der Waals surface area contributed by atoms with Gasteiger partial charge in [0.1, 0.15) is 16.7 Å². The van der Waals surface area contributed by atoms with Gasteiger partial charge in [-0.25, -0.2) is 19.0 Å². The number of primary amides is 1. The Hall–Kier alpha value is -3.10. The predicted molar refractivity (Wildman–Crippen MR) is 95.4 cm³/mol. The molecule has 0 radical (unpaired) electrons. The number of nitrogens with two attached hydrogens (primary N) is 2. The number of amides is 2. The van der Waals surface area contributed by atoms with Gasteiger partial charge in [0.25, 0.3) is 0 Å². The minimum Gasteiger partial charge on any atom is -0.755 e. The number of aromatic carboxylic acids is 1. The fourth-order valence-electron chi connectivity index (χ4n) is 2.09. The molecule has 1 atom stereocenters. The lowest BCUT2D eigenvalue weighted by Crippen LogP contribution is -2.42. The van der Waals surface area contributed by atoms with Crippen molar-refractivity contribution in [1.29, 1.82) is 5.41 Å². The van der Waals surface area contributed by atoms with Gasteiger partial charge in [0, 0.05) is 6.07 Å². The molecule has 144 valence electrons. The molecule has 1 aromatic carbocycles. The van der Waals surface area contributed by atoms with Gasteiger partial charge in [-0.2, -0.15) is 0 Å².